The van der Waals surface area contributed by atoms with E-state index < -0.39 is 11.8 Å². The Kier molecular flexibility index (Phi) is 5.35. The molecule has 6 heteroatoms. The van der Waals surface area contributed by atoms with Crippen LogP contribution in [0.25, 0.3) is 10.9 Å². The van der Waals surface area contributed by atoms with Gasteiger partial charge in [0, 0.05) is 16.6 Å². The molecule has 0 fully saturated rings. The molecule has 0 unspecified atom stereocenters. The number of benzene rings is 2. The average Bonchev–Trinajstić information content (AvgIpc) is 2.66. The van der Waals surface area contributed by atoms with E-state index in [1.165, 1.54) is 0 Å². The first-order valence-electron chi connectivity index (χ1n) is 8.69. The molecule has 0 aliphatic rings. The van der Waals surface area contributed by atoms with Crippen LogP contribution in [0.1, 0.15) is 38.9 Å². The van der Waals surface area contributed by atoms with E-state index in [0.717, 1.165) is 22.2 Å². The lowest BCUT2D eigenvalue weighted by Gasteiger charge is -2.11. The molecule has 0 aliphatic heterocycles. The molecule has 0 saturated heterocycles. The molecule has 0 bridgehead atoms. The zero-order valence-corrected chi connectivity index (χ0v) is 15.5. The summed E-state index contributed by atoms with van der Waals surface area (Å²) in [5.74, 6) is -0.111. The molecular formula is C21H21N3O3. The summed E-state index contributed by atoms with van der Waals surface area (Å²) in [6.45, 7) is 6.23. The summed E-state index contributed by atoms with van der Waals surface area (Å²) < 4.78 is 5.35. The number of fused-ring (bicyclic) bond motifs is 1. The molecule has 138 valence electrons. The number of aromatic nitrogens is 1. The molecule has 0 spiro atoms. The van der Waals surface area contributed by atoms with E-state index in [0.29, 0.717) is 23.5 Å². The minimum absolute atomic E-state index is 0.393. The summed E-state index contributed by atoms with van der Waals surface area (Å²) in [6, 6.07) is 14.2. The molecule has 0 aliphatic carbocycles. The Bertz CT molecular complexity index is 997. The maximum absolute atomic E-state index is 12.6. The number of rotatable bonds is 4. The van der Waals surface area contributed by atoms with Crippen molar-refractivity contribution in [3.8, 4) is 5.75 Å². The molecule has 2 aromatic carbocycles. The van der Waals surface area contributed by atoms with Crippen molar-refractivity contribution in [2.45, 2.75) is 20.8 Å². The van der Waals surface area contributed by atoms with Crippen molar-refractivity contribution in [1.29, 1.82) is 0 Å². The van der Waals surface area contributed by atoms with Gasteiger partial charge in [-0.2, -0.15) is 0 Å². The van der Waals surface area contributed by atoms with Gasteiger partial charge in [-0.05, 0) is 63.2 Å². The number of hydrogen-bond acceptors (Lipinski definition) is 4. The van der Waals surface area contributed by atoms with Gasteiger partial charge >= 0.3 is 0 Å². The molecule has 0 atom stereocenters. The lowest BCUT2D eigenvalue weighted by molar-refractivity contribution is 0.0847. The fraction of sp³-hybridized carbons (Fsp3) is 0.190. The monoisotopic (exact) mass is 363 g/mol. The fourth-order valence-corrected chi connectivity index (χ4v) is 2.78. The molecular weight excluding hydrogens is 342 g/mol. The minimum atomic E-state index is -0.405. The number of nitrogens with zero attached hydrogens (tertiary/aromatic N) is 1. The largest absolute Gasteiger partial charge is 0.494 e. The van der Waals surface area contributed by atoms with Gasteiger partial charge in [-0.25, -0.2) is 0 Å². The summed E-state index contributed by atoms with van der Waals surface area (Å²) in [7, 11) is 0. The number of ether oxygens (including phenoxy) is 1. The van der Waals surface area contributed by atoms with Gasteiger partial charge in [-0.3, -0.25) is 25.4 Å². The first kappa shape index (κ1) is 18.4. The Hall–Kier alpha value is -3.41. The number of pyridine rings is 1. The lowest BCUT2D eigenvalue weighted by atomic mass is 10.0. The maximum atomic E-state index is 12.6. The van der Waals surface area contributed by atoms with E-state index >= 15 is 0 Å². The van der Waals surface area contributed by atoms with Gasteiger partial charge < -0.3 is 4.74 Å². The van der Waals surface area contributed by atoms with Crippen molar-refractivity contribution in [3.05, 3.63) is 70.9 Å². The van der Waals surface area contributed by atoms with Gasteiger partial charge in [-0.15, -0.1) is 0 Å². The van der Waals surface area contributed by atoms with Crippen molar-refractivity contribution in [1.82, 2.24) is 15.8 Å². The van der Waals surface area contributed by atoms with Crippen LogP contribution in [0.4, 0.5) is 0 Å². The summed E-state index contributed by atoms with van der Waals surface area (Å²) in [6.07, 6.45) is 0. The highest BCUT2D eigenvalue weighted by atomic mass is 16.5. The smallest absolute Gasteiger partial charge is 0.270 e. The van der Waals surface area contributed by atoms with Gasteiger partial charge in [-0.1, -0.05) is 11.6 Å². The standard InChI is InChI=1S/C21H21N3O3/c1-4-27-16-8-6-15(7-9-16)20(25)23-24-21(26)18-12-14(3)22-19-10-5-13(2)11-17(18)19/h5-12H,4H2,1-3H3,(H,23,25)(H,24,26). The minimum Gasteiger partial charge on any atom is -0.494 e. The van der Waals surface area contributed by atoms with E-state index in [2.05, 4.69) is 15.8 Å². The van der Waals surface area contributed by atoms with Crippen LogP contribution in [-0.4, -0.2) is 23.4 Å². The third-order valence-corrected chi connectivity index (χ3v) is 4.05. The zero-order chi connectivity index (χ0) is 19.4. The molecule has 1 aromatic heterocycles. The van der Waals surface area contributed by atoms with Crippen molar-refractivity contribution < 1.29 is 14.3 Å². The number of hydrazine groups is 1. The molecule has 3 rings (SSSR count). The molecule has 0 radical (unpaired) electrons. The first-order chi connectivity index (χ1) is 13.0. The van der Waals surface area contributed by atoms with Gasteiger partial charge in [0.25, 0.3) is 11.8 Å². The summed E-state index contributed by atoms with van der Waals surface area (Å²) in [5.41, 5.74) is 8.31. The quantitative estimate of drug-likeness (QED) is 0.697. The van der Waals surface area contributed by atoms with Crippen LogP contribution in [0, 0.1) is 13.8 Å². The lowest BCUT2D eigenvalue weighted by Crippen LogP contribution is -2.41. The first-order valence-corrected chi connectivity index (χ1v) is 8.69. The van der Waals surface area contributed by atoms with Gasteiger partial charge in [0.05, 0.1) is 17.7 Å². The second-order valence-corrected chi connectivity index (χ2v) is 6.20. The Morgan fingerprint density at radius 3 is 2.37 bits per heavy atom. The third kappa shape index (κ3) is 4.23. The van der Waals surface area contributed by atoms with Crippen molar-refractivity contribution in [2.24, 2.45) is 0 Å². The van der Waals surface area contributed by atoms with Crippen LogP contribution >= 0.6 is 0 Å². The number of hydrogen-bond donors (Lipinski definition) is 2. The topological polar surface area (TPSA) is 80.3 Å². The van der Waals surface area contributed by atoms with E-state index in [1.54, 1.807) is 30.3 Å². The van der Waals surface area contributed by atoms with Crippen LogP contribution in [0.5, 0.6) is 5.75 Å². The van der Waals surface area contributed by atoms with E-state index in [4.69, 9.17) is 4.74 Å². The van der Waals surface area contributed by atoms with Crippen LogP contribution in [0.3, 0.4) is 0 Å². The normalized spacial score (nSPS) is 10.5. The third-order valence-electron chi connectivity index (χ3n) is 4.05. The maximum Gasteiger partial charge on any atom is 0.270 e. The van der Waals surface area contributed by atoms with E-state index in [1.807, 2.05) is 39.0 Å². The molecule has 1 heterocycles. The van der Waals surface area contributed by atoms with Crippen molar-refractivity contribution in [3.63, 3.8) is 0 Å². The highest BCUT2D eigenvalue weighted by Gasteiger charge is 2.14. The van der Waals surface area contributed by atoms with Crippen LogP contribution in [0.15, 0.2) is 48.5 Å². The van der Waals surface area contributed by atoms with Gasteiger partial charge in [0.2, 0.25) is 0 Å². The molecule has 2 N–H and O–H groups in total. The predicted molar refractivity (Wildman–Crippen MR) is 104 cm³/mol. The average molecular weight is 363 g/mol. The van der Waals surface area contributed by atoms with Gasteiger partial charge in [0.1, 0.15) is 5.75 Å². The molecule has 6 nitrogen and oxygen atoms in total. The summed E-state index contributed by atoms with van der Waals surface area (Å²) in [4.78, 5) is 29.3. The number of carbonyl (C=O) groups excluding carboxylic acids is 2. The van der Waals surface area contributed by atoms with E-state index in [-0.39, 0.29) is 0 Å². The van der Waals surface area contributed by atoms with Crippen LogP contribution < -0.4 is 15.6 Å². The van der Waals surface area contributed by atoms with Crippen molar-refractivity contribution in [2.75, 3.05) is 6.61 Å². The number of carbonyl (C=O) groups is 2. The summed E-state index contributed by atoms with van der Waals surface area (Å²) >= 11 is 0. The highest BCUT2D eigenvalue weighted by Crippen LogP contribution is 2.20. The SMILES string of the molecule is CCOc1ccc(C(=O)NNC(=O)c2cc(C)nc3ccc(C)cc23)cc1. The molecule has 3 aromatic rings. The highest BCUT2D eigenvalue weighted by molar-refractivity contribution is 6.07. The summed E-state index contributed by atoms with van der Waals surface area (Å²) in [5, 5.41) is 0.744. The molecule has 2 amide bonds. The van der Waals surface area contributed by atoms with Crippen LogP contribution in [0.2, 0.25) is 0 Å². The Labute approximate surface area is 157 Å². The van der Waals surface area contributed by atoms with Gasteiger partial charge in [0.15, 0.2) is 0 Å². The Morgan fingerprint density at radius 2 is 1.67 bits per heavy atom. The molecule has 0 saturated carbocycles. The predicted octanol–water partition coefficient (Wildman–Crippen LogP) is 3.33. The second-order valence-electron chi connectivity index (χ2n) is 6.20. The number of nitrogens with one attached hydrogen (secondary N) is 2. The number of aryl methyl sites for hydroxylation is 2. The van der Waals surface area contributed by atoms with Crippen molar-refractivity contribution >= 4 is 22.7 Å². The Morgan fingerprint density at radius 1 is 0.963 bits per heavy atom. The Balaban J connectivity index is 1.75. The zero-order valence-electron chi connectivity index (χ0n) is 15.5. The number of amides is 2. The molecule has 27 heavy (non-hydrogen) atoms. The van der Waals surface area contributed by atoms with Crippen LogP contribution in [-0.2, 0) is 0 Å². The fourth-order valence-electron chi connectivity index (χ4n) is 2.78. The van der Waals surface area contributed by atoms with E-state index in [9.17, 15) is 9.59 Å². The second kappa shape index (κ2) is 7.86.